The van der Waals surface area contributed by atoms with E-state index in [9.17, 15) is 32.7 Å². The SMILES string of the molecule is Cc1ccc(-c2nc(C)c(C(=O)N3CC[C@@H](C(=O)N4CCC(O)(Cn5cnc6c(ccn6-c6cccc(OC(F)(F)F)c6)c5=O)CC4)[C@H](c4ccccc4)C3)s2)cn1. The fourth-order valence-electron chi connectivity index (χ4n) is 7.98. The second-order valence-corrected chi connectivity index (χ2v) is 16.0. The number of carbonyl (C=O) groups is 2. The van der Waals surface area contributed by atoms with Gasteiger partial charge in [0, 0.05) is 67.7 Å². The zero-order chi connectivity index (χ0) is 40.8. The molecule has 6 aromatic rings. The number of hydrogen-bond acceptors (Lipinski definition) is 9. The Hall–Kier alpha value is -5.87. The molecule has 2 amide bonds. The van der Waals surface area contributed by atoms with Gasteiger partial charge in [-0.1, -0.05) is 36.4 Å². The van der Waals surface area contributed by atoms with Gasteiger partial charge in [0.2, 0.25) is 5.91 Å². The minimum absolute atomic E-state index is 0.0302. The lowest BCUT2D eigenvalue weighted by molar-refractivity contribution is -0.274. The number of hydrogen-bond donors (Lipinski definition) is 1. The van der Waals surface area contributed by atoms with E-state index in [4.69, 9.17) is 0 Å². The van der Waals surface area contributed by atoms with Crippen molar-refractivity contribution in [3.8, 4) is 22.0 Å². The maximum Gasteiger partial charge on any atom is 0.573 e. The predicted molar refractivity (Wildman–Crippen MR) is 211 cm³/mol. The van der Waals surface area contributed by atoms with E-state index >= 15 is 0 Å². The Balaban J connectivity index is 0.942. The number of likely N-dealkylation sites (tertiary alicyclic amines) is 2. The molecule has 8 rings (SSSR count). The van der Waals surface area contributed by atoms with Crippen molar-refractivity contribution in [1.29, 1.82) is 0 Å². The molecule has 0 spiro atoms. The molecule has 0 radical (unpaired) electrons. The van der Waals surface area contributed by atoms with Crippen LogP contribution in [0.25, 0.3) is 27.3 Å². The van der Waals surface area contributed by atoms with Crippen molar-refractivity contribution in [2.75, 3.05) is 26.2 Å². The molecule has 2 aliphatic heterocycles. The summed E-state index contributed by atoms with van der Waals surface area (Å²) in [5, 5.41) is 12.6. The number of aliphatic hydroxyl groups is 1. The Morgan fingerprint density at radius 3 is 2.47 bits per heavy atom. The molecule has 12 nitrogen and oxygen atoms in total. The molecule has 4 aromatic heterocycles. The summed E-state index contributed by atoms with van der Waals surface area (Å²) in [6.45, 7) is 5.03. The molecular weight excluding hydrogens is 772 g/mol. The number of ether oxygens (including phenoxy) is 1. The molecule has 58 heavy (non-hydrogen) atoms. The third-order valence-electron chi connectivity index (χ3n) is 11.1. The van der Waals surface area contributed by atoms with E-state index in [1.807, 2.05) is 61.2 Å². The first kappa shape index (κ1) is 39.0. The molecule has 1 N–H and O–H groups in total. The number of thiazole rings is 1. The maximum absolute atomic E-state index is 14.3. The molecule has 2 fully saturated rings. The average molecular weight is 812 g/mol. The number of aromatic nitrogens is 5. The van der Waals surface area contributed by atoms with Crippen LogP contribution >= 0.6 is 11.3 Å². The highest BCUT2D eigenvalue weighted by atomic mass is 32.1. The molecule has 0 bridgehead atoms. The lowest BCUT2D eigenvalue weighted by Crippen LogP contribution is -2.53. The van der Waals surface area contributed by atoms with Gasteiger partial charge in [-0.3, -0.25) is 23.9 Å². The van der Waals surface area contributed by atoms with Crippen molar-refractivity contribution in [2.45, 2.75) is 57.5 Å². The molecule has 2 atom stereocenters. The van der Waals surface area contributed by atoms with Crippen molar-refractivity contribution in [3.63, 3.8) is 0 Å². The third-order valence-corrected chi connectivity index (χ3v) is 12.3. The van der Waals surface area contributed by atoms with E-state index in [-0.39, 0.29) is 67.2 Å². The Morgan fingerprint density at radius 1 is 0.966 bits per heavy atom. The lowest BCUT2D eigenvalue weighted by Gasteiger charge is -2.43. The number of pyridine rings is 1. The van der Waals surface area contributed by atoms with Crippen LogP contribution < -0.4 is 10.3 Å². The second-order valence-electron chi connectivity index (χ2n) is 15.0. The van der Waals surface area contributed by atoms with Gasteiger partial charge in [-0.2, -0.15) is 0 Å². The predicted octanol–water partition coefficient (Wildman–Crippen LogP) is 6.52. The smallest absolute Gasteiger partial charge is 0.406 e. The van der Waals surface area contributed by atoms with Gasteiger partial charge >= 0.3 is 6.36 Å². The first-order valence-corrected chi connectivity index (χ1v) is 19.8. The number of nitrogens with zero attached hydrogens (tertiary/aromatic N) is 7. The van der Waals surface area contributed by atoms with Crippen LogP contribution in [0, 0.1) is 19.8 Å². The number of amides is 2. The molecule has 2 saturated heterocycles. The van der Waals surface area contributed by atoms with Gasteiger partial charge < -0.3 is 24.2 Å². The van der Waals surface area contributed by atoms with Crippen LogP contribution in [0.4, 0.5) is 13.2 Å². The Labute approximate surface area is 335 Å². The molecule has 2 aromatic carbocycles. The van der Waals surface area contributed by atoms with E-state index in [0.29, 0.717) is 35.8 Å². The number of benzene rings is 2. The van der Waals surface area contributed by atoms with Gasteiger partial charge in [-0.15, -0.1) is 24.5 Å². The van der Waals surface area contributed by atoms with E-state index in [1.54, 1.807) is 23.4 Å². The molecule has 0 unspecified atom stereocenters. The van der Waals surface area contributed by atoms with E-state index in [2.05, 4.69) is 19.7 Å². The Kier molecular flexibility index (Phi) is 10.4. The fourth-order valence-corrected chi connectivity index (χ4v) is 9.01. The summed E-state index contributed by atoms with van der Waals surface area (Å²) in [4.78, 5) is 59.5. The summed E-state index contributed by atoms with van der Waals surface area (Å²) in [6, 6.07) is 20.5. The maximum atomic E-state index is 14.3. The minimum atomic E-state index is -4.86. The largest absolute Gasteiger partial charge is 0.573 e. The summed E-state index contributed by atoms with van der Waals surface area (Å²) < 4.78 is 45.3. The van der Waals surface area contributed by atoms with Crippen molar-refractivity contribution in [1.82, 2.24) is 33.9 Å². The second kappa shape index (κ2) is 15.5. The Morgan fingerprint density at radius 2 is 1.74 bits per heavy atom. The summed E-state index contributed by atoms with van der Waals surface area (Å²) in [5.41, 5.74) is 2.22. The highest BCUT2D eigenvalue weighted by Gasteiger charge is 2.42. The fraction of sp³-hybridized carbons (Fsp3) is 0.333. The number of rotatable bonds is 8. The molecule has 2 aliphatic rings. The van der Waals surface area contributed by atoms with Gasteiger partial charge in [-0.05, 0) is 69.0 Å². The number of halogens is 3. The van der Waals surface area contributed by atoms with Crippen molar-refractivity contribution < 1.29 is 32.6 Å². The van der Waals surface area contributed by atoms with Crippen LogP contribution in [0.1, 0.15) is 51.8 Å². The molecule has 16 heteroatoms. The van der Waals surface area contributed by atoms with Crippen molar-refractivity contribution >= 4 is 34.2 Å². The first-order valence-electron chi connectivity index (χ1n) is 18.9. The molecular formula is C42H40F3N7O5S. The Bertz CT molecular complexity index is 2530. The summed E-state index contributed by atoms with van der Waals surface area (Å²) >= 11 is 1.35. The van der Waals surface area contributed by atoms with Crippen LogP contribution in [0.15, 0.2) is 96.3 Å². The third kappa shape index (κ3) is 7.98. The topological polar surface area (TPSA) is 136 Å². The molecule has 300 valence electrons. The van der Waals surface area contributed by atoms with Crippen molar-refractivity contribution in [3.05, 3.63) is 124 Å². The zero-order valence-corrected chi connectivity index (χ0v) is 32.5. The first-order chi connectivity index (χ1) is 27.7. The molecule has 0 saturated carbocycles. The number of alkyl halides is 3. The average Bonchev–Trinajstić information content (AvgIpc) is 3.83. The van der Waals surface area contributed by atoms with Crippen LogP contribution in [0.5, 0.6) is 5.75 Å². The molecule has 6 heterocycles. The summed E-state index contributed by atoms with van der Waals surface area (Å²) in [6.07, 6.45) is 0.693. The zero-order valence-electron chi connectivity index (χ0n) is 31.7. The van der Waals surface area contributed by atoms with Gasteiger partial charge in [0.05, 0.1) is 28.9 Å². The number of fused-ring (bicyclic) bond motifs is 1. The minimum Gasteiger partial charge on any atom is -0.406 e. The standard InChI is InChI=1S/C42H40F3N7O5S/c1-26-11-12-29(22-46-26)37-48-27(2)35(58-37)40(55)50-17-13-32(34(23-50)28-7-4-3-5-8-28)38(53)49-19-15-41(56,16-20-49)24-51-25-47-36-33(39(51)54)14-18-52(36)30-9-6-10-31(21-30)57-42(43,44)45/h3-12,14,18,21-22,25,32,34,56H,13,15-17,19-20,23-24H2,1-2H3/t32-,34+/m1/s1. The number of carbonyl (C=O) groups excluding carboxylic acids is 2. The lowest BCUT2D eigenvalue weighted by atomic mass is 9.79. The summed E-state index contributed by atoms with van der Waals surface area (Å²) in [5.74, 6) is -1.17. The number of aryl methyl sites for hydroxylation is 2. The van der Waals surface area contributed by atoms with Crippen LogP contribution in [-0.4, -0.2) is 88.9 Å². The van der Waals surface area contributed by atoms with E-state index < -0.39 is 23.3 Å². The van der Waals surface area contributed by atoms with E-state index in [0.717, 1.165) is 21.8 Å². The molecule has 0 aliphatic carbocycles. The van der Waals surface area contributed by atoms with Gasteiger partial charge in [-0.25, -0.2) is 9.97 Å². The highest BCUT2D eigenvalue weighted by molar-refractivity contribution is 7.17. The van der Waals surface area contributed by atoms with Crippen LogP contribution in [0.2, 0.25) is 0 Å². The monoisotopic (exact) mass is 811 g/mol. The highest BCUT2D eigenvalue weighted by Crippen LogP contribution is 2.37. The van der Waals surface area contributed by atoms with Gasteiger partial charge in [0.1, 0.15) is 22.0 Å². The van der Waals surface area contributed by atoms with Crippen molar-refractivity contribution in [2.24, 2.45) is 5.92 Å². The quantitative estimate of drug-likeness (QED) is 0.184. The van der Waals surface area contributed by atoms with Gasteiger partial charge in [0.25, 0.3) is 11.5 Å². The van der Waals surface area contributed by atoms with Crippen LogP contribution in [-0.2, 0) is 11.3 Å². The van der Waals surface area contributed by atoms with Crippen LogP contribution in [0.3, 0.4) is 0 Å². The normalized spacial score (nSPS) is 18.4. The van der Waals surface area contributed by atoms with E-state index in [1.165, 1.54) is 51.1 Å². The van der Waals surface area contributed by atoms with Gasteiger partial charge in [0.15, 0.2) is 5.65 Å². The summed E-state index contributed by atoms with van der Waals surface area (Å²) in [7, 11) is 0. The number of piperidine rings is 2.